The van der Waals surface area contributed by atoms with Crippen LogP contribution in [0.5, 0.6) is 11.5 Å². The Bertz CT molecular complexity index is 581. The van der Waals surface area contributed by atoms with Crippen LogP contribution < -0.4 is 25.4 Å². The van der Waals surface area contributed by atoms with E-state index >= 15 is 0 Å². The molecule has 3 N–H and O–H groups in total. The van der Waals surface area contributed by atoms with E-state index in [9.17, 15) is 4.79 Å². The van der Waals surface area contributed by atoms with Crippen molar-refractivity contribution < 1.29 is 14.3 Å². The molecular formula is C14H17N3O3. The second-order valence-corrected chi connectivity index (χ2v) is 5.68. The molecule has 1 aromatic rings. The zero-order chi connectivity index (χ0) is 13.7. The van der Waals surface area contributed by atoms with Crippen LogP contribution in [0, 0.1) is 0 Å². The van der Waals surface area contributed by atoms with E-state index in [4.69, 9.17) is 15.2 Å². The fourth-order valence-corrected chi connectivity index (χ4v) is 3.58. The van der Waals surface area contributed by atoms with Crippen molar-refractivity contribution in [2.24, 2.45) is 5.73 Å². The summed E-state index contributed by atoms with van der Waals surface area (Å²) in [6.07, 6.45) is 2.01. The van der Waals surface area contributed by atoms with E-state index in [1.165, 1.54) is 5.56 Å². The molecule has 1 aromatic carbocycles. The predicted octanol–water partition coefficient (Wildman–Crippen LogP) is 0.935. The molecule has 20 heavy (non-hydrogen) atoms. The Morgan fingerprint density at radius 3 is 2.65 bits per heavy atom. The van der Waals surface area contributed by atoms with Gasteiger partial charge in [0.25, 0.3) is 0 Å². The largest absolute Gasteiger partial charge is 0.454 e. The van der Waals surface area contributed by atoms with Gasteiger partial charge in [-0.25, -0.2) is 4.79 Å². The fourth-order valence-electron chi connectivity index (χ4n) is 3.58. The van der Waals surface area contributed by atoms with Crippen molar-refractivity contribution in [1.82, 2.24) is 5.32 Å². The number of hydrogen-bond donors (Lipinski definition) is 2. The van der Waals surface area contributed by atoms with Gasteiger partial charge in [0.1, 0.15) is 0 Å². The number of ether oxygens (including phenoxy) is 2. The van der Waals surface area contributed by atoms with Crippen molar-refractivity contribution in [3.05, 3.63) is 17.7 Å². The molecule has 0 unspecified atom stereocenters. The number of nitrogens with zero attached hydrogens (tertiary/aromatic N) is 1. The summed E-state index contributed by atoms with van der Waals surface area (Å²) in [5.74, 6) is 1.47. The summed E-state index contributed by atoms with van der Waals surface area (Å²) in [5.41, 5.74) is 7.59. The average molecular weight is 275 g/mol. The van der Waals surface area contributed by atoms with Crippen molar-refractivity contribution >= 4 is 11.7 Å². The van der Waals surface area contributed by atoms with Crippen molar-refractivity contribution in [1.29, 1.82) is 0 Å². The van der Waals surface area contributed by atoms with Gasteiger partial charge in [-0.1, -0.05) is 0 Å². The monoisotopic (exact) mass is 275 g/mol. The number of hydrogen-bond acceptors (Lipinski definition) is 4. The lowest BCUT2D eigenvalue weighted by Crippen LogP contribution is -2.45. The molecule has 6 nitrogen and oxygen atoms in total. The van der Waals surface area contributed by atoms with Gasteiger partial charge >= 0.3 is 6.03 Å². The second-order valence-electron chi connectivity index (χ2n) is 5.68. The van der Waals surface area contributed by atoms with Crippen LogP contribution in [-0.2, 0) is 5.41 Å². The van der Waals surface area contributed by atoms with Crippen LogP contribution in [-0.4, -0.2) is 32.5 Å². The highest BCUT2D eigenvalue weighted by atomic mass is 16.7. The molecule has 1 saturated heterocycles. The highest BCUT2D eigenvalue weighted by molar-refractivity contribution is 5.94. The number of anilines is 1. The number of fused-ring (bicyclic) bond motifs is 3. The maximum Gasteiger partial charge on any atom is 0.319 e. The Balaban J connectivity index is 1.86. The summed E-state index contributed by atoms with van der Waals surface area (Å²) >= 11 is 0. The van der Waals surface area contributed by atoms with E-state index in [1.807, 2.05) is 12.1 Å². The van der Waals surface area contributed by atoms with E-state index in [0.717, 1.165) is 37.4 Å². The van der Waals surface area contributed by atoms with Gasteiger partial charge in [0.15, 0.2) is 11.5 Å². The van der Waals surface area contributed by atoms with Crippen molar-refractivity contribution in [3.8, 4) is 11.5 Å². The van der Waals surface area contributed by atoms with E-state index in [2.05, 4.69) is 5.32 Å². The molecule has 1 fully saturated rings. The minimum atomic E-state index is -0.402. The first-order chi connectivity index (χ1) is 9.70. The number of urea groups is 1. The number of piperidine rings is 1. The Labute approximate surface area is 116 Å². The topological polar surface area (TPSA) is 76.8 Å². The van der Waals surface area contributed by atoms with E-state index in [0.29, 0.717) is 12.3 Å². The van der Waals surface area contributed by atoms with E-state index < -0.39 is 6.03 Å². The Morgan fingerprint density at radius 1 is 1.25 bits per heavy atom. The Hall–Kier alpha value is -1.95. The Kier molecular flexibility index (Phi) is 2.38. The van der Waals surface area contributed by atoms with Crippen molar-refractivity contribution in [3.63, 3.8) is 0 Å². The van der Waals surface area contributed by atoms with Crippen LogP contribution in [0.1, 0.15) is 18.4 Å². The maximum atomic E-state index is 11.8. The first kappa shape index (κ1) is 11.8. The van der Waals surface area contributed by atoms with Gasteiger partial charge in [-0.2, -0.15) is 0 Å². The molecule has 3 heterocycles. The number of nitrogens with one attached hydrogen (secondary N) is 1. The number of primary amides is 1. The van der Waals surface area contributed by atoms with Crippen LogP contribution in [0.2, 0.25) is 0 Å². The molecular weight excluding hydrogens is 258 g/mol. The third-order valence-electron chi connectivity index (χ3n) is 4.64. The van der Waals surface area contributed by atoms with E-state index in [1.54, 1.807) is 4.90 Å². The third-order valence-corrected chi connectivity index (χ3v) is 4.64. The van der Waals surface area contributed by atoms with Gasteiger partial charge in [-0.3, -0.25) is 4.90 Å². The molecule has 106 valence electrons. The maximum absolute atomic E-state index is 11.8. The summed E-state index contributed by atoms with van der Waals surface area (Å²) in [6, 6.07) is 3.52. The minimum absolute atomic E-state index is 0.00338. The molecule has 4 rings (SSSR count). The molecule has 0 radical (unpaired) electrons. The molecule has 0 saturated carbocycles. The van der Waals surface area contributed by atoms with Crippen LogP contribution in [0.15, 0.2) is 12.1 Å². The van der Waals surface area contributed by atoms with E-state index in [-0.39, 0.29) is 12.2 Å². The zero-order valence-corrected chi connectivity index (χ0v) is 11.1. The summed E-state index contributed by atoms with van der Waals surface area (Å²) in [4.78, 5) is 13.4. The number of carbonyl (C=O) groups excluding carboxylic acids is 1. The van der Waals surface area contributed by atoms with Crippen molar-refractivity contribution in [2.45, 2.75) is 18.3 Å². The summed E-state index contributed by atoms with van der Waals surface area (Å²) in [7, 11) is 0. The quantitative estimate of drug-likeness (QED) is 0.738. The molecule has 3 aliphatic rings. The standard InChI is InChI=1S/C14H17N3O3/c15-13(18)17-7-14(1-3-16-4-2-14)9-5-11-12(6-10(9)17)20-8-19-11/h5-6,16H,1-4,7-8H2,(H2,15,18). The number of benzene rings is 1. The highest BCUT2D eigenvalue weighted by Gasteiger charge is 2.46. The van der Waals surface area contributed by atoms with Gasteiger partial charge in [0.2, 0.25) is 6.79 Å². The van der Waals surface area contributed by atoms with Gasteiger partial charge in [-0.15, -0.1) is 0 Å². The number of nitrogens with two attached hydrogens (primary N) is 1. The molecule has 1 spiro atoms. The molecule has 6 heteroatoms. The van der Waals surface area contributed by atoms with Gasteiger partial charge < -0.3 is 20.5 Å². The summed E-state index contributed by atoms with van der Waals surface area (Å²) in [5, 5.41) is 3.37. The first-order valence-electron chi connectivity index (χ1n) is 6.91. The normalized spacial score (nSPS) is 22.1. The molecule has 0 bridgehead atoms. The fraction of sp³-hybridized carbons (Fsp3) is 0.500. The molecule has 3 aliphatic heterocycles. The predicted molar refractivity (Wildman–Crippen MR) is 73.3 cm³/mol. The molecule has 0 atom stereocenters. The minimum Gasteiger partial charge on any atom is -0.454 e. The van der Waals surface area contributed by atoms with Crippen molar-refractivity contribution in [2.75, 3.05) is 31.3 Å². The lowest BCUT2D eigenvalue weighted by Gasteiger charge is -2.34. The van der Waals surface area contributed by atoms with Crippen LogP contribution in [0.25, 0.3) is 0 Å². The zero-order valence-electron chi connectivity index (χ0n) is 11.1. The molecule has 2 amide bonds. The lowest BCUT2D eigenvalue weighted by molar-refractivity contribution is 0.173. The highest BCUT2D eigenvalue weighted by Crippen LogP contribution is 2.50. The van der Waals surface area contributed by atoms with Gasteiger partial charge in [0.05, 0.1) is 5.69 Å². The molecule has 0 aliphatic carbocycles. The summed E-state index contributed by atoms with van der Waals surface area (Å²) < 4.78 is 10.9. The summed E-state index contributed by atoms with van der Waals surface area (Å²) in [6.45, 7) is 2.81. The van der Waals surface area contributed by atoms with Crippen LogP contribution in [0.3, 0.4) is 0 Å². The first-order valence-corrected chi connectivity index (χ1v) is 6.91. The lowest BCUT2D eigenvalue weighted by atomic mass is 9.75. The SMILES string of the molecule is NC(=O)N1CC2(CCNCC2)c2cc3c(cc21)OCO3. The Morgan fingerprint density at radius 2 is 1.95 bits per heavy atom. The number of rotatable bonds is 0. The smallest absolute Gasteiger partial charge is 0.319 e. The van der Waals surface area contributed by atoms with Gasteiger partial charge in [0, 0.05) is 18.0 Å². The number of carbonyl (C=O) groups is 1. The molecule has 0 aromatic heterocycles. The van der Waals surface area contributed by atoms with Crippen LogP contribution in [0.4, 0.5) is 10.5 Å². The van der Waals surface area contributed by atoms with Gasteiger partial charge in [-0.05, 0) is 37.6 Å². The number of amides is 2. The third kappa shape index (κ3) is 1.51. The average Bonchev–Trinajstić information content (AvgIpc) is 3.01. The van der Waals surface area contributed by atoms with Crippen LogP contribution >= 0.6 is 0 Å². The second kappa shape index (κ2) is 4.02.